The molecule has 0 bridgehead atoms. The fraction of sp³-hybridized carbons (Fsp3) is 0.286. The van der Waals surface area contributed by atoms with Gasteiger partial charge < -0.3 is 10.4 Å². The molecule has 3 rings (SSSR count). The zero-order valence-corrected chi connectivity index (χ0v) is 10.4. The average Bonchev–Trinajstić information content (AvgIpc) is 3.08. The zero-order valence-electron chi connectivity index (χ0n) is 10.4. The van der Waals surface area contributed by atoms with Crippen molar-refractivity contribution in [1.82, 2.24) is 15.1 Å². The molecule has 0 saturated carbocycles. The van der Waals surface area contributed by atoms with E-state index in [0.29, 0.717) is 13.1 Å². The Morgan fingerprint density at radius 2 is 2.11 bits per heavy atom. The van der Waals surface area contributed by atoms with Gasteiger partial charge in [-0.25, -0.2) is 4.68 Å². The van der Waals surface area contributed by atoms with Gasteiger partial charge in [-0.15, -0.1) is 0 Å². The molecule has 19 heavy (non-hydrogen) atoms. The summed E-state index contributed by atoms with van der Waals surface area (Å²) in [5.74, 6) is -1.12. The number of rotatable bonds is 3. The Kier molecular flexibility index (Phi) is 3.05. The smallest absolute Gasteiger partial charge is 0.308 e. The molecule has 1 aromatic carbocycles. The summed E-state index contributed by atoms with van der Waals surface area (Å²) in [7, 11) is 0. The molecule has 1 aliphatic heterocycles. The number of aromatic nitrogens is 2. The molecule has 5 heteroatoms. The maximum absolute atomic E-state index is 11.2. The highest BCUT2D eigenvalue weighted by Crippen LogP contribution is 2.28. The number of benzene rings is 1. The molecule has 0 amide bonds. The summed E-state index contributed by atoms with van der Waals surface area (Å²) in [5, 5.41) is 16.7. The minimum atomic E-state index is -0.748. The van der Waals surface area contributed by atoms with Gasteiger partial charge >= 0.3 is 5.97 Å². The molecule has 5 nitrogen and oxygen atoms in total. The van der Waals surface area contributed by atoms with E-state index in [0.717, 1.165) is 11.3 Å². The van der Waals surface area contributed by atoms with Gasteiger partial charge in [0.25, 0.3) is 0 Å². The summed E-state index contributed by atoms with van der Waals surface area (Å²) in [6, 6.07) is 9.80. The van der Waals surface area contributed by atoms with Crippen LogP contribution in [0.25, 0.3) is 5.69 Å². The lowest BCUT2D eigenvalue weighted by atomic mass is 9.91. The van der Waals surface area contributed by atoms with Crippen molar-refractivity contribution in [1.29, 1.82) is 0 Å². The first-order valence-corrected chi connectivity index (χ1v) is 6.29. The molecule has 1 fully saturated rings. The highest BCUT2D eigenvalue weighted by molar-refractivity contribution is 5.72. The summed E-state index contributed by atoms with van der Waals surface area (Å²) in [5.41, 5.74) is 1.95. The monoisotopic (exact) mass is 257 g/mol. The molecule has 1 aromatic heterocycles. The summed E-state index contributed by atoms with van der Waals surface area (Å²) in [6.45, 7) is 1.22. The third kappa shape index (κ3) is 2.24. The minimum absolute atomic E-state index is 0.00466. The van der Waals surface area contributed by atoms with E-state index in [1.807, 2.05) is 36.5 Å². The maximum Gasteiger partial charge on any atom is 0.308 e. The number of nitrogens with zero attached hydrogens (tertiary/aromatic N) is 2. The summed E-state index contributed by atoms with van der Waals surface area (Å²) < 4.78 is 1.78. The van der Waals surface area contributed by atoms with Crippen LogP contribution in [0.2, 0.25) is 0 Å². The first kappa shape index (κ1) is 11.9. The van der Waals surface area contributed by atoms with Crippen LogP contribution in [0.1, 0.15) is 11.5 Å². The molecule has 0 aliphatic carbocycles. The van der Waals surface area contributed by atoms with E-state index in [-0.39, 0.29) is 11.8 Å². The average molecular weight is 257 g/mol. The van der Waals surface area contributed by atoms with E-state index >= 15 is 0 Å². The van der Waals surface area contributed by atoms with Crippen molar-refractivity contribution in [3.8, 4) is 5.69 Å². The van der Waals surface area contributed by atoms with E-state index in [2.05, 4.69) is 10.4 Å². The predicted octanol–water partition coefficient (Wildman–Crippen LogP) is 1.26. The second-order valence-corrected chi connectivity index (χ2v) is 4.76. The zero-order chi connectivity index (χ0) is 13.2. The summed E-state index contributed by atoms with van der Waals surface area (Å²) in [4.78, 5) is 11.2. The maximum atomic E-state index is 11.2. The van der Waals surface area contributed by atoms with E-state index in [1.54, 1.807) is 10.9 Å². The number of aliphatic carboxylic acids is 1. The third-order valence-electron chi connectivity index (χ3n) is 3.58. The van der Waals surface area contributed by atoms with Gasteiger partial charge in [-0.2, -0.15) is 5.10 Å². The molecule has 1 aliphatic rings. The van der Waals surface area contributed by atoms with Crippen molar-refractivity contribution in [2.45, 2.75) is 5.92 Å². The predicted molar refractivity (Wildman–Crippen MR) is 70.3 cm³/mol. The number of carboxylic acids is 1. The van der Waals surface area contributed by atoms with Gasteiger partial charge in [-0.05, 0) is 17.7 Å². The first-order valence-electron chi connectivity index (χ1n) is 6.29. The van der Waals surface area contributed by atoms with Gasteiger partial charge in [0.15, 0.2) is 0 Å². The number of carbonyl (C=O) groups is 1. The van der Waals surface area contributed by atoms with Gasteiger partial charge in [0.05, 0.1) is 17.8 Å². The fourth-order valence-electron chi connectivity index (χ4n) is 2.54. The number of hydrogen-bond donors (Lipinski definition) is 2. The van der Waals surface area contributed by atoms with Crippen molar-refractivity contribution in [3.05, 3.63) is 48.3 Å². The Morgan fingerprint density at radius 3 is 2.84 bits per heavy atom. The Hall–Kier alpha value is -2.14. The van der Waals surface area contributed by atoms with Crippen molar-refractivity contribution < 1.29 is 9.90 Å². The van der Waals surface area contributed by atoms with Crippen LogP contribution in [0.15, 0.2) is 42.7 Å². The van der Waals surface area contributed by atoms with Crippen LogP contribution in [0, 0.1) is 5.92 Å². The molecule has 98 valence electrons. The second-order valence-electron chi connectivity index (χ2n) is 4.76. The molecular weight excluding hydrogens is 242 g/mol. The highest BCUT2D eigenvalue weighted by Gasteiger charge is 2.34. The topological polar surface area (TPSA) is 67.2 Å². The fourth-order valence-corrected chi connectivity index (χ4v) is 2.54. The quantitative estimate of drug-likeness (QED) is 0.868. The normalized spacial score (nSPS) is 22.5. The molecule has 2 heterocycles. The Morgan fingerprint density at radius 1 is 1.32 bits per heavy atom. The summed E-state index contributed by atoms with van der Waals surface area (Å²) in [6.07, 6.45) is 3.68. The number of hydrogen-bond acceptors (Lipinski definition) is 3. The molecule has 2 unspecified atom stereocenters. The van der Waals surface area contributed by atoms with Crippen LogP contribution in [-0.2, 0) is 4.79 Å². The van der Waals surface area contributed by atoms with Gasteiger partial charge in [-0.3, -0.25) is 4.79 Å². The molecule has 2 aromatic rings. The van der Waals surface area contributed by atoms with Crippen LogP contribution >= 0.6 is 0 Å². The lowest BCUT2D eigenvalue weighted by Crippen LogP contribution is -2.20. The Bertz CT molecular complexity index is 579. The standard InChI is InChI=1S/C14H15N3O2/c18-14(19)13-8-15-7-12(13)10-6-16-17(9-10)11-4-2-1-3-5-11/h1-6,9,12-13,15H,7-8H2,(H,18,19). The van der Waals surface area contributed by atoms with Crippen molar-refractivity contribution in [2.75, 3.05) is 13.1 Å². The highest BCUT2D eigenvalue weighted by atomic mass is 16.4. The molecular formula is C14H15N3O2. The molecule has 2 atom stereocenters. The van der Waals surface area contributed by atoms with E-state index in [9.17, 15) is 9.90 Å². The minimum Gasteiger partial charge on any atom is -0.481 e. The van der Waals surface area contributed by atoms with E-state index in [4.69, 9.17) is 0 Å². The van der Waals surface area contributed by atoms with Crippen LogP contribution in [0.4, 0.5) is 0 Å². The van der Waals surface area contributed by atoms with Gasteiger partial charge in [0.2, 0.25) is 0 Å². The first-order chi connectivity index (χ1) is 9.25. The van der Waals surface area contributed by atoms with Gasteiger partial charge in [0.1, 0.15) is 0 Å². The van der Waals surface area contributed by atoms with Crippen LogP contribution in [-0.4, -0.2) is 33.9 Å². The number of carboxylic acid groups (broad SMARTS) is 1. The van der Waals surface area contributed by atoms with Crippen molar-refractivity contribution in [3.63, 3.8) is 0 Å². The number of para-hydroxylation sites is 1. The number of nitrogens with one attached hydrogen (secondary N) is 1. The summed E-state index contributed by atoms with van der Waals surface area (Å²) >= 11 is 0. The van der Waals surface area contributed by atoms with Crippen molar-refractivity contribution in [2.24, 2.45) is 5.92 Å². The van der Waals surface area contributed by atoms with E-state index in [1.165, 1.54) is 0 Å². The van der Waals surface area contributed by atoms with Crippen LogP contribution < -0.4 is 5.32 Å². The SMILES string of the molecule is O=C(O)C1CNCC1c1cnn(-c2ccccc2)c1. The van der Waals surface area contributed by atoms with Crippen LogP contribution in [0.3, 0.4) is 0 Å². The molecule has 1 saturated heterocycles. The largest absolute Gasteiger partial charge is 0.481 e. The van der Waals surface area contributed by atoms with Gasteiger partial charge in [0, 0.05) is 25.2 Å². The van der Waals surface area contributed by atoms with Crippen LogP contribution in [0.5, 0.6) is 0 Å². The molecule has 0 radical (unpaired) electrons. The Balaban J connectivity index is 1.87. The van der Waals surface area contributed by atoms with E-state index < -0.39 is 5.97 Å². The lowest BCUT2D eigenvalue weighted by Gasteiger charge is -2.11. The second kappa shape index (κ2) is 4.85. The van der Waals surface area contributed by atoms with Gasteiger partial charge in [-0.1, -0.05) is 18.2 Å². The third-order valence-corrected chi connectivity index (χ3v) is 3.58. The molecule has 2 N–H and O–H groups in total. The van der Waals surface area contributed by atoms with Crippen molar-refractivity contribution >= 4 is 5.97 Å². The Labute approximate surface area is 110 Å². The molecule has 0 spiro atoms. The lowest BCUT2D eigenvalue weighted by molar-refractivity contribution is -0.141.